The quantitative estimate of drug-likeness (QED) is 0.565. The van der Waals surface area contributed by atoms with Crippen molar-refractivity contribution in [3.8, 4) is 0 Å². The number of rotatable bonds is 9. The number of hydrogen-bond donors (Lipinski definition) is 1. The molecule has 7 nitrogen and oxygen atoms in total. The van der Waals surface area contributed by atoms with Gasteiger partial charge >= 0.3 is 5.97 Å². The van der Waals surface area contributed by atoms with Crippen LogP contribution in [0.2, 0.25) is 0 Å². The predicted molar refractivity (Wildman–Crippen MR) is 124 cm³/mol. The van der Waals surface area contributed by atoms with E-state index in [4.69, 9.17) is 5.11 Å². The molecule has 1 saturated carbocycles. The molecule has 33 heavy (non-hydrogen) atoms. The van der Waals surface area contributed by atoms with Gasteiger partial charge in [0.15, 0.2) is 10.9 Å². The number of likely N-dealkylation sites (tertiary alicyclic amines) is 1. The van der Waals surface area contributed by atoms with Gasteiger partial charge in [0.2, 0.25) is 0 Å². The standard InChI is InChI=1S/C23H24FN3O4S2/c24-18-4-2-1-3-17(18)22(23(31)14-5-6-14)27-10-9-19(33-21(30)8-7-20(28)29)15(12-27)11-16-13-32-26-25-16/h1-4,11,13-14,19,22H,5-10,12H2,(H,28,29). The molecule has 174 valence electrons. The second kappa shape index (κ2) is 10.7. The number of piperidine rings is 1. The van der Waals surface area contributed by atoms with E-state index in [1.807, 2.05) is 11.0 Å². The summed E-state index contributed by atoms with van der Waals surface area (Å²) in [5, 5.41) is 14.4. The number of Topliss-reactive ketones (excluding diaryl/α,β-unsaturated/α-hetero) is 1. The average Bonchev–Trinajstić information content (AvgIpc) is 3.52. The summed E-state index contributed by atoms with van der Waals surface area (Å²) in [7, 11) is 0. The summed E-state index contributed by atoms with van der Waals surface area (Å²) < 4.78 is 18.6. The summed E-state index contributed by atoms with van der Waals surface area (Å²) >= 11 is 2.35. The highest BCUT2D eigenvalue weighted by molar-refractivity contribution is 8.14. The van der Waals surface area contributed by atoms with Crippen LogP contribution in [0, 0.1) is 11.7 Å². The van der Waals surface area contributed by atoms with Crippen LogP contribution in [0.25, 0.3) is 6.08 Å². The lowest BCUT2D eigenvalue weighted by molar-refractivity contribution is -0.138. The van der Waals surface area contributed by atoms with Crippen molar-refractivity contribution in [3.05, 3.63) is 52.3 Å². The molecule has 2 unspecified atom stereocenters. The Balaban J connectivity index is 1.59. The van der Waals surface area contributed by atoms with Crippen molar-refractivity contribution >= 4 is 46.2 Å². The largest absolute Gasteiger partial charge is 0.481 e. The molecule has 4 rings (SSSR count). The van der Waals surface area contributed by atoms with E-state index in [-0.39, 0.29) is 34.9 Å². The summed E-state index contributed by atoms with van der Waals surface area (Å²) in [4.78, 5) is 38.4. The number of ketones is 1. The molecule has 1 aromatic heterocycles. The topological polar surface area (TPSA) is 100 Å². The number of carboxylic acids is 1. The van der Waals surface area contributed by atoms with Gasteiger partial charge in [-0.1, -0.05) is 34.4 Å². The van der Waals surface area contributed by atoms with Gasteiger partial charge in [0.1, 0.15) is 5.82 Å². The Hall–Kier alpha value is -2.43. The second-order valence-corrected chi connectivity index (χ2v) is 10.2. The molecule has 10 heteroatoms. The van der Waals surface area contributed by atoms with Crippen LogP contribution in [0.4, 0.5) is 4.39 Å². The third kappa shape index (κ3) is 6.13. The Labute approximate surface area is 199 Å². The first-order valence-corrected chi connectivity index (χ1v) is 12.5. The molecule has 0 radical (unpaired) electrons. The lowest BCUT2D eigenvalue weighted by Gasteiger charge is -2.38. The van der Waals surface area contributed by atoms with Crippen LogP contribution in [0.5, 0.6) is 0 Å². The minimum absolute atomic E-state index is 0.0329. The first-order chi connectivity index (χ1) is 15.9. The van der Waals surface area contributed by atoms with Gasteiger partial charge in [0.05, 0.1) is 18.2 Å². The molecule has 2 fully saturated rings. The zero-order chi connectivity index (χ0) is 23.4. The molecule has 0 bridgehead atoms. The fourth-order valence-electron chi connectivity index (χ4n) is 4.05. The summed E-state index contributed by atoms with van der Waals surface area (Å²) in [5.41, 5.74) is 1.94. The maximum atomic E-state index is 14.7. The van der Waals surface area contributed by atoms with Crippen LogP contribution >= 0.6 is 23.3 Å². The SMILES string of the molecule is O=C(O)CCC(=O)SC1CCN(C(C(=O)C2CC2)c2ccccc2F)CC1=Cc1csnn1. The Morgan fingerprint density at radius 2 is 2.03 bits per heavy atom. The van der Waals surface area contributed by atoms with Gasteiger partial charge in [0, 0.05) is 41.6 Å². The first kappa shape index (κ1) is 23.7. The molecule has 2 aromatic rings. The number of benzene rings is 1. The number of carboxylic acid groups (broad SMARTS) is 1. The van der Waals surface area contributed by atoms with Crippen molar-refractivity contribution in [3.63, 3.8) is 0 Å². The van der Waals surface area contributed by atoms with Gasteiger partial charge < -0.3 is 5.11 Å². The molecular weight excluding hydrogens is 465 g/mol. The van der Waals surface area contributed by atoms with E-state index in [1.54, 1.807) is 23.6 Å². The van der Waals surface area contributed by atoms with Crippen LogP contribution in [0.3, 0.4) is 0 Å². The fourth-order valence-corrected chi connectivity index (χ4v) is 5.51. The number of carbonyl (C=O) groups excluding carboxylic acids is 2. The Bertz CT molecular complexity index is 1060. The maximum absolute atomic E-state index is 14.7. The summed E-state index contributed by atoms with van der Waals surface area (Å²) in [6, 6.07) is 5.73. The minimum Gasteiger partial charge on any atom is -0.481 e. The monoisotopic (exact) mass is 489 g/mol. The summed E-state index contributed by atoms with van der Waals surface area (Å²) in [6.07, 6.45) is 3.88. The van der Waals surface area contributed by atoms with Gasteiger partial charge in [-0.2, -0.15) is 0 Å². The molecule has 2 heterocycles. The number of carbonyl (C=O) groups is 3. The van der Waals surface area contributed by atoms with Crippen LogP contribution in [0.15, 0.2) is 35.2 Å². The molecule has 1 aromatic carbocycles. The third-order valence-corrected chi connectivity index (χ3v) is 7.63. The number of hydrogen-bond acceptors (Lipinski definition) is 8. The average molecular weight is 490 g/mol. The Kier molecular flexibility index (Phi) is 7.67. The second-order valence-electron chi connectivity index (χ2n) is 8.28. The number of aromatic nitrogens is 2. The highest BCUT2D eigenvalue weighted by atomic mass is 32.2. The van der Waals surface area contributed by atoms with E-state index in [0.29, 0.717) is 30.8 Å². The first-order valence-electron chi connectivity index (χ1n) is 10.8. The zero-order valence-electron chi connectivity index (χ0n) is 17.9. The lowest BCUT2D eigenvalue weighted by atomic mass is 9.93. The molecule has 2 aliphatic rings. The van der Waals surface area contributed by atoms with Gasteiger partial charge in [-0.25, -0.2) is 4.39 Å². The summed E-state index contributed by atoms with van der Waals surface area (Å²) in [5.74, 6) is -1.40. The van der Waals surface area contributed by atoms with Gasteiger partial charge in [-0.15, -0.1) is 5.10 Å². The predicted octanol–water partition coefficient (Wildman–Crippen LogP) is 3.98. The van der Waals surface area contributed by atoms with Crippen LogP contribution < -0.4 is 0 Å². The molecule has 0 spiro atoms. The van der Waals surface area contributed by atoms with E-state index in [2.05, 4.69) is 9.59 Å². The van der Waals surface area contributed by atoms with E-state index in [1.165, 1.54) is 17.6 Å². The van der Waals surface area contributed by atoms with Crippen molar-refractivity contribution in [2.45, 2.75) is 43.4 Å². The number of halogens is 1. The molecular formula is C23H24FN3O4S2. The zero-order valence-corrected chi connectivity index (χ0v) is 19.5. The van der Waals surface area contributed by atoms with Crippen molar-refractivity contribution in [1.82, 2.24) is 14.5 Å². The molecule has 1 saturated heterocycles. The summed E-state index contributed by atoms with van der Waals surface area (Å²) in [6.45, 7) is 0.910. The van der Waals surface area contributed by atoms with Crippen molar-refractivity contribution in [1.29, 1.82) is 0 Å². The third-order valence-electron chi connectivity index (χ3n) is 5.82. The van der Waals surface area contributed by atoms with E-state index in [0.717, 1.165) is 30.2 Å². The molecule has 2 atom stereocenters. The van der Waals surface area contributed by atoms with Gasteiger partial charge in [0.25, 0.3) is 0 Å². The van der Waals surface area contributed by atoms with E-state index >= 15 is 0 Å². The van der Waals surface area contributed by atoms with Gasteiger partial charge in [-0.05, 0) is 48.5 Å². The lowest BCUT2D eigenvalue weighted by Crippen LogP contribution is -2.43. The number of aliphatic carboxylic acids is 1. The molecule has 1 aliphatic carbocycles. The number of nitrogens with zero attached hydrogens (tertiary/aromatic N) is 3. The fraction of sp³-hybridized carbons (Fsp3) is 0.435. The van der Waals surface area contributed by atoms with Crippen LogP contribution in [-0.2, 0) is 14.4 Å². The van der Waals surface area contributed by atoms with Crippen LogP contribution in [0.1, 0.15) is 49.4 Å². The smallest absolute Gasteiger partial charge is 0.303 e. The highest BCUT2D eigenvalue weighted by Gasteiger charge is 2.41. The maximum Gasteiger partial charge on any atom is 0.303 e. The van der Waals surface area contributed by atoms with Crippen molar-refractivity contribution in [2.24, 2.45) is 5.92 Å². The Morgan fingerprint density at radius 3 is 2.70 bits per heavy atom. The Morgan fingerprint density at radius 1 is 1.24 bits per heavy atom. The minimum atomic E-state index is -1.01. The molecule has 1 N–H and O–H groups in total. The van der Waals surface area contributed by atoms with Crippen LogP contribution in [-0.4, -0.2) is 54.8 Å². The van der Waals surface area contributed by atoms with Gasteiger partial charge in [-0.3, -0.25) is 19.3 Å². The molecule has 0 amide bonds. The van der Waals surface area contributed by atoms with E-state index < -0.39 is 17.8 Å². The highest BCUT2D eigenvalue weighted by Crippen LogP contribution is 2.40. The van der Waals surface area contributed by atoms with Crippen molar-refractivity contribution in [2.75, 3.05) is 13.1 Å². The number of thioether (sulfide) groups is 1. The van der Waals surface area contributed by atoms with E-state index in [9.17, 15) is 18.8 Å². The normalized spacial score (nSPS) is 21.1. The van der Waals surface area contributed by atoms with Crippen molar-refractivity contribution < 1.29 is 23.9 Å². The molecule has 1 aliphatic heterocycles.